The van der Waals surface area contributed by atoms with Crippen LogP contribution in [0.1, 0.15) is 11.1 Å². The monoisotopic (exact) mass is 286 g/mol. The molecule has 5 nitrogen and oxygen atoms in total. The van der Waals surface area contributed by atoms with Gasteiger partial charge in [-0.1, -0.05) is 12.1 Å². The number of aryl methyl sites for hydroxylation is 2. The van der Waals surface area contributed by atoms with Crippen molar-refractivity contribution in [2.24, 2.45) is 0 Å². The summed E-state index contributed by atoms with van der Waals surface area (Å²) in [7, 11) is 1.60. The quantitative estimate of drug-likeness (QED) is 0.873. The minimum Gasteiger partial charge on any atom is -0.504 e. The standard InChI is InChI=1S/C16H14O5/c1-18-12-7-10-6-5-9-3-2-4-11(17)13(9)21-14(10)16-15(12)19-8-20-16/h2-4,7,17H,5-6,8H2,1H3. The lowest BCUT2D eigenvalue weighted by Gasteiger charge is -2.14. The number of fused-ring (bicyclic) bond motifs is 4. The van der Waals surface area contributed by atoms with Gasteiger partial charge in [0.1, 0.15) is 0 Å². The molecule has 2 heterocycles. The molecule has 0 radical (unpaired) electrons. The van der Waals surface area contributed by atoms with E-state index in [4.69, 9.17) is 18.9 Å². The van der Waals surface area contributed by atoms with E-state index in [1.165, 1.54) is 0 Å². The van der Waals surface area contributed by atoms with Crippen LogP contribution in [0.3, 0.4) is 0 Å². The van der Waals surface area contributed by atoms with E-state index in [1.54, 1.807) is 13.2 Å². The van der Waals surface area contributed by atoms with Crippen molar-refractivity contribution in [3.63, 3.8) is 0 Å². The summed E-state index contributed by atoms with van der Waals surface area (Å²) in [4.78, 5) is 0. The molecule has 0 amide bonds. The van der Waals surface area contributed by atoms with Gasteiger partial charge in [0.05, 0.1) is 7.11 Å². The van der Waals surface area contributed by atoms with E-state index in [1.807, 2.05) is 18.2 Å². The summed E-state index contributed by atoms with van der Waals surface area (Å²) >= 11 is 0. The number of hydrogen-bond acceptors (Lipinski definition) is 5. The summed E-state index contributed by atoms with van der Waals surface area (Å²) in [6, 6.07) is 7.30. The number of ether oxygens (including phenoxy) is 4. The highest BCUT2D eigenvalue weighted by Crippen LogP contribution is 2.53. The van der Waals surface area contributed by atoms with Crippen molar-refractivity contribution in [2.45, 2.75) is 12.8 Å². The van der Waals surface area contributed by atoms with Crippen molar-refractivity contribution < 1.29 is 24.1 Å². The second-order valence-corrected chi connectivity index (χ2v) is 5.00. The van der Waals surface area contributed by atoms with Crippen LogP contribution in [0.15, 0.2) is 24.3 Å². The number of phenols is 1. The van der Waals surface area contributed by atoms with E-state index in [0.717, 1.165) is 24.0 Å². The Labute approximate surface area is 121 Å². The van der Waals surface area contributed by atoms with Gasteiger partial charge in [0.15, 0.2) is 23.0 Å². The molecule has 21 heavy (non-hydrogen) atoms. The summed E-state index contributed by atoms with van der Waals surface area (Å²) in [5.74, 6) is 2.95. The van der Waals surface area contributed by atoms with E-state index < -0.39 is 0 Å². The van der Waals surface area contributed by atoms with Crippen molar-refractivity contribution in [3.8, 4) is 34.5 Å². The predicted molar refractivity (Wildman–Crippen MR) is 74.7 cm³/mol. The maximum absolute atomic E-state index is 10.0. The zero-order chi connectivity index (χ0) is 14.4. The fourth-order valence-electron chi connectivity index (χ4n) is 2.77. The van der Waals surface area contributed by atoms with Gasteiger partial charge in [0.25, 0.3) is 0 Å². The van der Waals surface area contributed by atoms with E-state index in [9.17, 15) is 5.11 Å². The molecule has 0 spiro atoms. The Bertz CT molecular complexity index is 723. The van der Waals surface area contributed by atoms with Crippen LogP contribution in [0, 0.1) is 0 Å². The molecule has 0 aliphatic carbocycles. The van der Waals surface area contributed by atoms with Gasteiger partial charge in [-0.25, -0.2) is 0 Å². The molecular weight excluding hydrogens is 272 g/mol. The Balaban J connectivity index is 1.91. The van der Waals surface area contributed by atoms with Crippen LogP contribution in [0.5, 0.6) is 34.5 Å². The summed E-state index contributed by atoms with van der Waals surface area (Å²) in [5.41, 5.74) is 1.95. The molecule has 0 saturated heterocycles. The summed E-state index contributed by atoms with van der Waals surface area (Å²) < 4.78 is 22.3. The molecule has 2 aliphatic rings. The van der Waals surface area contributed by atoms with Crippen LogP contribution in [0.25, 0.3) is 0 Å². The number of methoxy groups -OCH3 is 1. The number of para-hydroxylation sites is 1. The Morgan fingerprint density at radius 3 is 2.67 bits per heavy atom. The normalized spacial score (nSPS) is 14.7. The van der Waals surface area contributed by atoms with Gasteiger partial charge in [0.2, 0.25) is 18.3 Å². The smallest absolute Gasteiger partial charge is 0.231 e. The lowest BCUT2D eigenvalue weighted by molar-refractivity contribution is 0.169. The predicted octanol–water partition coefficient (Wildman–Crippen LogP) is 3.02. The Hall–Kier alpha value is -2.56. The molecule has 1 N–H and O–H groups in total. The van der Waals surface area contributed by atoms with Gasteiger partial charge in [-0.3, -0.25) is 0 Å². The highest BCUT2D eigenvalue weighted by atomic mass is 16.7. The highest BCUT2D eigenvalue weighted by molar-refractivity contribution is 5.66. The third-order valence-electron chi connectivity index (χ3n) is 3.80. The SMILES string of the molecule is COc1cc2c(c3c1OCO3)Oc1c(O)cccc1CC2. The molecule has 0 saturated carbocycles. The molecule has 0 aromatic heterocycles. The fraction of sp³-hybridized carbons (Fsp3) is 0.250. The van der Waals surface area contributed by atoms with E-state index >= 15 is 0 Å². The third kappa shape index (κ3) is 1.77. The fourth-order valence-corrected chi connectivity index (χ4v) is 2.77. The molecule has 0 fully saturated rings. The number of phenolic OH excluding ortho intramolecular Hbond substituents is 1. The first kappa shape index (κ1) is 12.2. The van der Waals surface area contributed by atoms with Gasteiger partial charge in [-0.05, 0) is 30.5 Å². The topological polar surface area (TPSA) is 57.2 Å². The molecule has 2 aromatic rings. The van der Waals surface area contributed by atoms with Crippen molar-refractivity contribution in [1.82, 2.24) is 0 Å². The van der Waals surface area contributed by atoms with Crippen molar-refractivity contribution in [1.29, 1.82) is 0 Å². The number of aromatic hydroxyl groups is 1. The first-order valence-electron chi connectivity index (χ1n) is 6.76. The second-order valence-electron chi connectivity index (χ2n) is 5.00. The van der Waals surface area contributed by atoms with E-state index in [0.29, 0.717) is 28.7 Å². The molecule has 2 aliphatic heterocycles. The van der Waals surface area contributed by atoms with Crippen LogP contribution < -0.4 is 18.9 Å². The highest BCUT2D eigenvalue weighted by Gasteiger charge is 2.30. The van der Waals surface area contributed by atoms with E-state index in [-0.39, 0.29) is 12.5 Å². The molecule has 4 rings (SSSR count). The van der Waals surface area contributed by atoms with Crippen LogP contribution in [-0.4, -0.2) is 19.0 Å². The Morgan fingerprint density at radius 2 is 1.81 bits per heavy atom. The molecule has 2 aromatic carbocycles. The third-order valence-corrected chi connectivity index (χ3v) is 3.80. The largest absolute Gasteiger partial charge is 0.504 e. The zero-order valence-electron chi connectivity index (χ0n) is 11.5. The molecular formula is C16H14O5. The first-order chi connectivity index (χ1) is 10.3. The van der Waals surface area contributed by atoms with Crippen LogP contribution in [0.4, 0.5) is 0 Å². The summed E-state index contributed by atoms with van der Waals surface area (Å²) in [6.07, 6.45) is 1.55. The van der Waals surface area contributed by atoms with E-state index in [2.05, 4.69) is 0 Å². The van der Waals surface area contributed by atoms with Gasteiger partial charge >= 0.3 is 0 Å². The first-order valence-corrected chi connectivity index (χ1v) is 6.76. The second kappa shape index (κ2) is 4.48. The molecule has 5 heteroatoms. The maximum Gasteiger partial charge on any atom is 0.231 e. The molecule has 0 bridgehead atoms. The summed E-state index contributed by atoms with van der Waals surface area (Å²) in [5, 5.41) is 10.0. The lowest BCUT2D eigenvalue weighted by atomic mass is 10.0. The maximum atomic E-state index is 10.0. The van der Waals surface area contributed by atoms with Crippen molar-refractivity contribution in [2.75, 3.05) is 13.9 Å². The van der Waals surface area contributed by atoms with Crippen molar-refractivity contribution in [3.05, 3.63) is 35.4 Å². The van der Waals surface area contributed by atoms with Crippen LogP contribution in [-0.2, 0) is 12.8 Å². The Kier molecular flexibility index (Phi) is 2.60. The average molecular weight is 286 g/mol. The zero-order valence-corrected chi connectivity index (χ0v) is 11.5. The minimum atomic E-state index is 0.129. The number of benzene rings is 2. The van der Waals surface area contributed by atoms with Crippen LogP contribution >= 0.6 is 0 Å². The Morgan fingerprint density at radius 1 is 1.00 bits per heavy atom. The lowest BCUT2D eigenvalue weighted by Crippen LogP contribution is -1.94. The average Bonchev–Trinajstić information content (AvgIpc) is 2.90. The summed E-state index contributed by atoms with van der Waals surface area (Å²) in [6.45, 7) is 0.138. The van der Waals surface area contributed by atoms with Gasteiger partial charge in [-0.2, -0.15) is 0 Å². The molecule has 0 unspecified atom stereocenters. The van der Waals surface area contributed by atoms with Gasteiger partial charge in [-0.15, -0.1) is 0 Å². The molecule has 108 valence electrons. The van der Waals surface area contributed by atoms with Gasteiger partial charge in [0, 0.05) is 5.56 Å². The minimum absolute atomic E-state index is 0.129. The van der Waals surface area contributed by atoms with Crippen molar-refractivity contribution >= 4 is 0 Å². The number of rotatable bonds is 1. The number of hydrogen-bond donors (Lipinski definition) is 1. The van der Waals surface area contributed by atoms with Crippen LogP contribution in [0.2, 0.25) is 0 Å². The molecule has 0 atom stereocenters. The van der Waals surface area contributed by atoms with Gasteiger partial charge < -0.3 is 24.1 Å².